The van der Waals surface area contributed by atoms with Gasteiger partial charge in [-0.25, -0.2) is 0 Å². The van der Waals surface area contributed by atoms with E-state index >= 15 is 0 Å². The molecule has 0 saturated carbocycles. The quantitative estimate of drug-likeness (QED) is 0.277. The number of rotatable bonds is 4. The van der Waals surface area contributed by atoms with Crippen LogP contribution in [0.5, 0.6) is 5.75 Å². The fraction of sp³-hybridized carbons (Fsp3) is 0.250. The van der Waals surface area contributed by atoms with Crippen LogP contribution in [-0.4, -0.2) is 11.5 Å². The molecular formula is C8H7BrN4O3. The molecule has 0 aliphatic heterocycles. The van der Waals surface area contributed by atoms with E-state index in [1.54, 1.807) is 6.92 Å². The maximum Gasteiger partial charge on any atom is 0.280 e. The molecule has 0 radical (unpaired) electrons. The van der Waals surface area contributed by atoms with E-state index in [0.29, 0.717) is 16.8 Å². The molecule has 0 bridgehead atoms. The van der Waals surface area contributed by atoms with Crippen LogP contribution < -0.4 is 4.74 Å². The highest BCUT2D eigenvalue weighted by molar-refractivity contribution is 9.10. The third-order valence-electron chi connectivity index (χ3n) is 1.68. The number of hydrogen-bond acceptors (Lipinski definition) is 4. The normalized spacial score (nSPS) is 9.38. The zero-order valence-electron chi connectivity index (χ0n) is 8.25. The molecule has 0 aliphatic carbocycles. The Morgan fingerprint density at radius 3 is 2.88 bits per heavy atom. The van der Waals surface area contributed by atoms with E-state index in [1.165, 1.54) is 12.1 Å². The Hall–Kier alpha value is -1.79. The van der Waals surface area contributed by atoms with Crippen molar-refractivity contribution in [2.45, 2.75) is 6.92 Å². The number of nitrogens with zero attached hydrogens (tertiary/aromatic N) is 4. The lowest BCUT2D eigenvalue weighted by Gasteiger charge is -2.06. The molecule has 0 heterocycles. The molecule has 0 fully saturated rings. The maximum absolute atomic E-state index is 10.7. The molecule has 1 rings (SSSR count). The summed E-state index contributed by atoms with van der Waals surface area (Å²) in [4.78, 5) is 12.6. The van der Waals surface area contributed by atoms with E-state index in [-0.39, 0.29) is 11.4 Å². The maximum atomic E-state index is 10.7. The molecule has 0 spiro atoms. The van der Waals surface area contributed by atoms with Gasteiger partial charge >= 0.3 is 0 Å². The van der Waals surface area contributed by atoms with Gasteiger partial charge in [0.2, 0.25) is 0 Å². The SMILES string of the molecule is CCOc1cc(N=[N+]=[N-])c([N+](=O)[O-])cc1Br. The predicted molar refractivity (Wildman–Crippen MR) is 60.8 cm³/mol. The van der Waals surface area contributed by atoms with Crippen LogP contribution >= 0.6 is 15.9 Å². The van der Waals surface area contributed by atoms with Gasteiger partial charge in [-0.15, -0.1) is 0 Å². The van der Waals surface area contributed by atoms with Crippen LogP contribution in [0.4, 0.5) is 11.4 Å². The van der Waals surface area contributed by atoms with Gasteiger partial charge in [-0.3, -0.25) is 10.1 Å². The van der Waals surface area contributed by atoms with Crippen LogP contribution in [0.15, 0.2) is 21.7 Å². The predicted octanol–water partition coefficient (Wildman–Crippen LogP) is 3.70. The van der Waals surface area contributed by atoms with Crippen molar-refractivity contribution in [3.63, 3.8) is 0 Å². The van der Waals surface area contributed by atoms with E-state index in [2.05, 4.69) is 26.0 Å². The van der Waals surface area contributed by atoms with Crippen LogP contribution in [0.1, 0.15) is 6.92 Å². The molecule has 8 heteroatoms. The number of nitro groups is 1. The number of azide groups is 1. The molecule has 7 nitrogen and oxygen atoms in total. The summed E-state index contributed by atoms with van der Waals surface area (Å²) in [6, 6.07) is 2.57. The van der Waals surface area contributed by atoms with Crippen molar-refractivity contribution < 1.29 is 9.66 Å². The minimum absolute atomic E-state index is 0.0702. The highest BCUT2D eigenvalue weighted by atomic mass is 79.9. The van der Waals surface area contributed by atoms with Gasteiger partial charge in [-0.05, 0) is 34.5 Å². The van der Waals surface area contributed by atoms with E-state index < -0.39 is 4.92 Å². The lowest BCUT2D eigenvalue weighted by Crippen LogP contribution is -1.94. The van der Waals surface area contributed by atoms with Gasteiger partial charge < -0.3 is 4.74 Å². The van der Waals surface area contributed by atoms with Gasteiger partial charge in [0.25, 0.3) is 5.69 Å². The third kappa shape index (κ3) is 2.62. The van der Waals surface area contributed by atoms with Crippen molar-refractivity contribution in [2.75, 3.05) is 6.61 Å². The summed E-state index contributed by atoms with van der Waals surface area (Å²) in [7, 11) is 0. The summed E-state index contributed by atoms with van der Waals surface area (Å²) in [6.07, 6.45) is 0. The lowest BCUT2D eigenvalue weighted by molar-refractivity contribution is -0.384. The van der Waals surface area contributed by atoms with Crippen LogP contribution in [-0.2, 0) is 0 Å². The molecule has 0 saturated heterocycles. The second-order valence-electron chi connectivity index (χ2n) is 2.65. The van der Waals surface area contributed by atoms with Crippen molar-refractivity contribution in [1.82, 2.24) is 0 Å². The minimum atomic E-state index is -0.621. The Balaban J connectivity index is 3.36. The van der Waals surface area contributed by atoms with E-state index in [4.69, 9.17) is 10.3 Å². The molecule has 0 atom stereocenters. The average Bonchev–Trinajstić information content (AvgIpc) is 2.23. The Morgan fingerprint density at radius 2 is 2.38 bits per heavy atom. The number of ether oxygens (including phenoxy) is 1. The van der Waals surface area contributed by atoms with Crippen LogP contribution in [0.25, 0.3) is 10.4 Å². The van der Waals surface area contributed by atoms with Crippen molar-refractivity contribution in [3.8, 4) is 5.75 Å². The van der Waals surface area contributed by atoms with E-state index in [9.17, 15) is 10.1 Å². The smallest absolute Gasteiger partial charge is 0.280 e. The topological polar surface area (TPSA) is 101 Å². The molecule has 16 heavy (non-hydrogen) atoms. The first kappa shape index (κ1) is 12.3. The van der Waals surface area contributed by atoms with Crippen LogP contribution in [0, 0.1) is 10.1 Å². The number of nitro benzene ring substituents is 1. The Morgan fingerprint density at radius 1 is 1.69 bits per heavy atom. The minimum Gasteiger partial charge on any atom is -0.493 e. The van der Waals surface area contributed by atoms with Crippen molar-refractivity contribution in [1.29, 1.82) is 0 Å². The fourth-order valence-corrected chi connectivity index (χ4v) is 1.52. The second-order valence-corrected chi connectivity index (χ2v) is 3.51. The van der Waals surface area contributed by atoms with Gasteiger partial charge in [-0.1, -0.05) is 5.11 Å². The van der Waals surface area contributed by atoms with Gasteiger partial charge in [0.1, 0.15) is 11.4 Å². The number of hydrogen-bond donors (Lipinski definition) is 0. The number of benzene rings is 1. The Kier molecular flexibility index (Phi) is 4.10. The van der Waals surface area contributed by atoms with Gasteiger partial charge in [-0.2, -0.15) is 0 Å². The van der Waals surface area contributed by atoms with Crippen LogP contribution in [0.3, 0.4) is 0 Å². The lowest BCUT2D eigenvalue weighted by atomic mass is 10.2. The van der Waals surface area contributed by atoms with Gasteiger partial charge in [0.05, 0.1) is 16.0 Å². The summed E-state index contributed by atoms with van der Waals surface area (Å²) < 4.78 is 5.65. The molecule has 84 valence electrons. The van der Waals surface area contributed by atoms with Crippen molar-refractivity contribution in [3.05, 3.63) is 37.2 Å². The first-order chi connectivity index (χ1) is 7.60. The summed E-state index contributed by atoms with van der Waals surface area (Å²) >= 11 is 3.14. The molecule has 1 aromatic rings. The largest absolute Gasteiger partial charge is 0.493 e. The first-order valence-corrected chi connectivity index (χ1v) is 5.05. The summed E-state index contributed by atoms with van der Waals surface area (Å²) in [5.41, 5.74) is 7.96. The molecule has 1 aromatic carbocycles. The summed E-state index contributed by atoms with van der Waals surface area (Å²) in [6.45, 7) is 2.19. The van der Waals surface area contributed by atoms with Crippen molar-refractivity contribution >= 4 is 27.3 Å². The molecule has 0 unspecified atom stereocenters. The zero-order chi connectivity index (χ0) is 12.1. The first-order valence-electron chi connectivity index (χ1n) is 4.26. The van der Waals surface area contributed by atoms with Gasteiger partial charge in [0.15, 0.2) is 0 Å². The molecule has 0 amide bonds. The van der Waals surface area contributed by atoms with Gasteiger partial charge in [0, 0.05) is 11.0 Å². The van der Waals surface area contributed by atoms with E-state index in [1.807, 2.05) is 0 Å². The van der Waals surface area contributed by atoms with Crippen molar-refractivity contribution in [2.24, 2.45) is 5.11 Å². The summed E-state index contributed by atoms with van der Waals surface area (Å²) in [5, 5.41) is 13.9. The average molecular weight is 287 g/mol. The molecule has 0 N–H and O–H groups in total. The fourth-order valence-electron chi connectivity index (χ4n) is 1.07. The Bertz CT molecular complexity index is 471. The standard InChI is InChI=1S/C8H7BrN4O3/c1-2-16-8-4-6(11-12-10)7(13(14)15)3-5(8)9/h3-4H,2H2,1H3. The molecule has 0 aromatic heterocycles. The third-order valence-corrected chi connectivity index (χ3v) is 2.30. The van der Waals surface area contributed by atoms with E-state index in [0.717, 1.165) is 0 Å². The Labute approximate surface area is 98.9 Å². The number of halogens is 1. The highest BCUT2D eigenvalue weighted by Gasteiger charge is 2.16. The second kappa shape index (κ2) is 5.34. The monoisotopic (exact) mass is 286 g/mol. The molecular weight excluding hydrogens is 280 g/mol. The zero-order valence-corrected chi connectivity index (χ0v) is 9.84. The van der Waals surface area contributed by atoms with Crippen LogP contribution in [0.2, 0.25) is 0 Å². The highest BCUT2D eigenvalue weighted by Crippen LogP contribution is 2.37. The summed E-state index contributed by atoms with van der Waals surface area (Å²) in [5.74, 6) is 0.399. The molecule has 0 aliphatic rings.